The van der Waals surface area contributed by atoms with Crippen molar-refractivity contribution in [2.24, 2.45) is 0 Å². The van der Waals surface area contributed by atoms with Crippen LogP contribution in [0.5, 0.6) is 5.75 Å². The molecule has 4 nitrogen and oxygen atoms in total. The van der Waals surface area contributed by atoms with Crippen molar-refractivity contribution in [3.05, 3.63) is 29.3 Å². The lowest BCUT2D eigenvalue weighted by molar-refractivity contribution is 0.0696. The highest BCUT2D eigenvalue weighted by Crippen LogP contribution is 2.37. The van der Waals surface area contributed by atoms with Crippen LogP contribution in [0.25, 0.3) is 5.57 Å². The van der Waals surface area contributed by atoms with Crippen LogP contribution in [0, 0.1) is 0 Å². The third kappa shape index (κ3) is 2.11. The van der Waals surface area contributed by atoms with Gasteiger partial charge in [0, 0.05) is 5.56 Å². The zero-order valence-electron chi connectivity index (χ0n) is 9.44. The molecule has 0 fully saturated rings. The molecule has 90 valence electrons. The van der Waals surface area contributed by atoms with E-state index in [1.165, 1.54) is 12.1 Å². The number of carboxylic acid groups (broad SMARTS) is 1. The number of rotatable bonds is 2. The lowest BCUT2D eigenvalue weighted by Crippen LogP contribution is -2.07. The number of allylic oxidation sites excluding steroid dienone is 2. The van der Waals surface area contributed by atoms with Crippen LogP contribution in [0.15, 0.2) is 18.2 Å². The Morgan fingerprint density at radius 1 is 1.29 bits per heavy atom. The van der Waals surface area contributed by atoms with E-state index in [2.05, 4.69) is 0 Å². The van der Waals surface area contributed by atoms with E-state index in [0.717, 1.165) is 31.3 Å². The number of anilines is 1. The summed E-state index contributed by atoms with van der Waals surface area (Å²) in [7, 11) is 0. The number of hydrogen-bond donors (Lipinski definition) is 3. The predicted octanol–water partition coefficient (Wildman–Crippen LogP) is 2.63. The van der Waals surface area contributed by atoms with Crippen molar-refractivity contribution >= 4 is 17.2 Å². The van der Waals surface area contributed by atoms with Crippen molar-refractivity contribution in [2.45, 2.75) is 25.7 Å². The molecule has 4 N–H and O–H groups in total. The Morgan fingerprint density at radius 2 is 2.06 bits per heavy atom. The van der Waals surface area contributed by atoms with Crippen molar-refractivity contribution in [3.63, 3.8) is 0 Å². The van der Waals surface area contributed by atoms with Gasteiger partial charge in [-0.1, -0.05) is 6.08 Å². The molecule has 0 bridgehead atoms. The van der Waals surface area contributed by atoms with Gasteiger partial charge in [-0.25, -0.2) is 4.79 Å². The molecule has 0 aromatic heterocycles. The van der Waals surface area contributed by atoms with Crippen LogP contribution >= 0.6 is 0 Å². The first-order chi connectivity index (χ1) is 8.11. The van der Waals surface area contributed by atoms with E-state index in [0.29, 0.717) is 5.56 Å². The van der Waals surface area contributed by atoms with E-state index in [4.69, 9.17) is 10.8 Å². The summed E-state index contributed by atoms with van der Waals surface area (Å²) in [5.74, 6) is -1.07. The summed E-state index contributed by atoms with van der Waals surface area (Å²) in [5, 5.41) is 18.7. The molecule has 0 saturated heterocycles. The highest BCUT2D eigenvalue weighted by molar-refractivity contribution is 5.98. The lowest BCUT2D eigenvalue weighted by Gasteiger charge is -2.17. The molecule has 0 aliphatic heterocycles. The van der Waals surface area contributed by atoms with Crippen LogP contribution in [0.3, 0.4) is 0 Å². The van der Waals surface area contributed by atoms with Gasteiger partial charge in [-0.05, 0) is 43.4 Å². The van der Waals surface area contributed by atoms with Gasteiger partial charge in [0.05, 0.1) is 11.3 Å². The number of nitrogen functional groups attached to an aromatic ring is 1. The lowest BCUT2D eigenvalue weighted by atomic mass is 9.89. The van der Waals surface area contributed by atoms with Gasteiger partial charge < -0.3 is 15.9 Å². The molecule has 0 heterocycles. The van der Waals surface area contributed by atoms with Crippen LogP contribution in [-0.2, 0) is 0 Å². The van der Waals surface area contributed by atoms with E-state index in [1.54, 1.807) is 0 Å². The van der Waals surface area contributed by atoms with Crippen LogP contribution in [0.4, 0.5) is 5.69 Å². The van der Waals surface area contributed by atoms with Gasteiger partial charge in [-0.2, -0.15) is 0 Å². The first-order valence-corrected chi connectivity index (χ1v) is 5.65. The first-order valence-electron chi connectivity index (χ1n) is 5.65. The quantitative estimate of drug-likeness (QED) is 0.541. The van der Waals surface area contributed by atoms with E-state index in [-0.39, 0.29) is 17.0 Å². The number of phenols is 1. The average molecular weight is 233 g/mol. The van der Waals surface area contributed by atoms with Crippen LogP contribution < -0.4 is 5.73 Å². The molecule has 0 unspecified atom stereocenters. The number of aromatic carboxylic acids is 1. The second-order valence-corrected chi connectivity index (χ2v) is 4.20. The molecule has 0 radical (unpaired) electrons. The Kier molecular flexibility index (Phi) is 3.04. The Bertz CT molecular complexity index is 492. The number of carboxylic acids is 1. The monoisotopic (exact) mass is 233 g/mol. The van der Waals surface area contributed by atoms with E-state index in [1.807, 2.05) is 6.08 Å². The maximum atomic E-state index is 11.2. The predicted molar refractivity (Wildman–Crippen MR) is 65.9 cm³/mol. The van der Waals surface area contributed by atoms with E-state index < -0.39 is 5.97 Å². The molecular formula is C13H15NO3. The molecule has 17 heavy (non-hydrogen) atoms. The molecule has 4 heteroatoms. The second-order valence-electron chi connectivity index (χ2n) is 4.20. The summed E-state index contributed by atoms with van der Waals surface area (Å²) in [6.07, 6.45) is 5.91. The summed E-state index contributed by atoms with van der Waals surface area (Å²) >= 11 is 0. The Balaban J connectivity index is 2.60. The SMILES string of the molecule is Nc1c(O)ccc(C(=O)O)c1C1=CCCCC1. The molecule has 1 aliphatic rings. The first kappa shape index (κ1) is 11.5. The molecule has 1 aliphatic carbocycles. The van der Waals surface area contributed by atoms with Crippen molar-refractivity contribution in [2.75, 3.05) is 5.73 Å². The molecule has 1 aromatic carbocycles. The molecule has 0 amide bonds. The minimum absolute atomic E-state index is 0.0588. The third-order valence-corrected chi connectivity index (χ3v) is 3.06. The molecule has 2 rings (SSSR count). The smallest absolute Gasteiger partial charge is 0.336 e. The number of benzene rings is 1. The van der Waals surface area contributed by atoms with Gasteiger partial charge in [-0.3, -0.25) is 0 Å². The Labute approximate surface area is 99.4 Å². The van der Waals surface area contributed by atoms with Gasteiger partial charge in [-0.15, -0.1) is 0 Å². The number of aromatic hydroxyl groups is 1. The number of phenolic OH excluding ortho intramolecular Hbond substituents is 1. The molecular weight excluding hydrogens is 218 g/mol. The zero-order chi connectivity index (χ0) is 12.4. The number of hydrogen-bond acceptors (Lipinski definition) is 3. The van der Waals surface area contributed by atoms with Gasteiger partial charge in [0.1, 0.15) is 5.75 Å². The van der Waals surface area contributed by atoms with Crippen molar-refractivity contribution in [1.82, 2.24) is 0 Å². The van der Waals surface area contributed by atoms with Gasteiger partial charge in [0.15, 0.2) is 0 Å². The molecule has 0 atom stereocenters. The molecule has 0 spiro atoms. The Hall–Kier alpha value is -1.97. The van der Waals surface area contributed by atoms with Crippen LogP contribution in [0.2, 0.25) is 0 Å². The van der Waals surface area contributed by atoms with Gasteiger partial charge >= 0.3 is 5.97 Å². The topological polar surface area (TPSA) is 83.5 Å². The Morgan fingerprint density at radius 3 is 2.65 bits per heavy atom. The summed E-state index contributed by atoms with van der Waals surface area (Å²) in [6, 6.07) is 2.73. The van der Waals surface area contributed by atoms with Crippen LogP contribution in [-0.4, -0.2) is 16.2 Å². The number of carbonyl (C=O) groups is 1. The third-order valence-electron chi connectivity index (χ3n) is 3.06. The normalized spacial score (nSPS) is 15.4. The summed E-state index contributed by atoms with van der Waals surface area (Å²) in [5.41, 5.74) is 7.54. The highest BCUT2D eigenvalue weighted by atomic mass is 16.4. The van der Waals surface area contributed by atoms with E-state index in [9.17, 15) is 9.90 Å². The standard InChI is InChI=1S/C13H15NO3/c14-12-10(15)7-6-9(13(16)17)11(12)8-4-2-1-3-5-8/h4,6-7,15H,1-3,5,14H2,(H,16,17). The fourth-order valence-electron chi connectivity index (χ4n) is 2.20. The van der Waals surface area contributed by atoms with Crippen LogP contribution in [0.1, 0.15) is 41.6 Å². The minimum atomic E-state index is -1.02. The second kappa shape index (κ2) is 4.49. The summed E-state index contributed by atoms with van der Waals surface area (Å²) in [6.45, 7) is 0. The molecule has 1 aromatic rings. The maximum absolute atomic E-state index is 11.2. The maximum Gasteiger partial charge on any atom is 0.336 e. The van der Waals surface area contributed by atoms with Gasteiger partial charge in [0.2, 0.25) is 0 Å². The number of nitrogens with two attached hydrogens (primary N) is 1. The fraction of sp³-hybridized carbons (Fsp3) is 0.308. The summed E-state index contributed by atoms with van der Waals surface area (Å²) < 4.78 is 0. The fourth-order valence-corrected chi connectivity index (χ4v) is 2.20. The highest BCUT2D eigenvalue weighted by Gasteiger charge is 2.19. The van der Waals surface area contributed by atoms with Crippen molar-refractivity contribution in [3.8, 4) is 5.75 Å². The summed E-state index contributed by atoms with van der Waals surface area (Å²) in [4.78, 5) is 11.2. The van der Waals surface area contributed by atoms with Gasteiger partial charge in [0.25, 0.3) is 0 Å². The average Bonchev–Trinajstić information content (AvgIpc) is 2.33. The largest absolute Gasteiger partial charge is 0.506 e. The zero-order valence-corrected chi connectivity index (χ0v) is 9.44. The van der Waals surface area contributed by atoms with E-state index >= 15 is 0 Å². The molecule has 0 saturated carbocycles. The van der Waals surface area contributed by atoms with Crippen molar-refractivity contribution in [1.29, 1.82) is 0 Å². The minimum Gasteiger partial charge on any atom is -0.506 e. The van der Waals surface area contributed by atoms with Crippen molar-refractivity contribution < 1.29 is 15.0 Å².